The van der Waals surface area contributed by atoms with Crippen molar-refractivity contribution in [3.8, 4) is 0 Å². The third-order valence-electron chi connectivity index (χ3n) is 4.75. The van der Waals surface area contributed by atoms with Gasteiger partial charge in [-0.15, -0.1) is 0 Å². The van der Waals surface area contributed by atoms with Gasteiger partial charge in [-0.05, 0) is 36.9 Å². The number of nitrogens with zero attached hydrogens (tertiary/aromatic N) is 2. The van der Waals surface area contributed by atoms with E-state index in [-0.39, 0.29) is 0 Å². The topological polar surface area (TPSA) is 18.5 Å². The SMILES string of the molecule is c1ccc(CCCN2CCN(NCCc3ccccc3)CC2)cc1. The average molecular weight is 323 g/mol. The molecule has 1 aliphatic rings. The van der Waals surface area contributed by atoms with Gasteiger partial charge in [0.2, 0.25) is 0 Å². The molecule has 3 rings (SSSR count). The zero-order valence-electron chi connectivity index (χ0n) is 14.5. The van der Waals surface area contributed by atoms with Crippen LogP contribution in [0.5, 0.6) is 0 Å². The van der Waals surface area contributed by atoms with Gasteiger partial charge >= 0.3 is 0 Å². The first-order valence-corrected chi connectivity index (χ1v) is 9.19. The van der Waals surface area contributed by atoms with Gasteiger partial charge in [0.1, 0.15) is 0 Å². The van der Waals surface area contributed by atoms with Gasteiger partial charge in [0, 0.05) is 32.7 Å². The number of rotatable bonds is 8. The molecule has 1 N–H and O–H groups in total. The van der Waals surface area contributed by atoms with Gasteiger partial charge in [-0.3, -0.25) is 5.43 Å². The van der Waals surface area contributed by atoms with Gasteiger partial charge in [-0.25, -0.2) is 5.01 Å². The third-order valence-corrected chi connectivity index (χ3v) is 4.75. The lowest BCUT2D eigenvalue weighted by atomic mass is 10.1. The molecule has 128 valence electrons. The van der Waals surface area contributed by atoms with Crippen LogP contribution in [0.4, 0.5) is 0 Å². The minimum atomic E-state index is 1.03. The lowest BCUT2D eigenvalue weighted by Gasteiger charge is -2.35. The lowest BCUT2D eigenvalue weighted by Crippen LogP contribution is -2.52. The summed E-state index contributed by atoms with van der Waals surface area (Å²) in [6.07, 6.45) is 3.54. The van der Waals surface area contributed by atoms with Crippen molar-refractivity contribution in [2.45, 2.75) is 19.3 Å². The minimum absolute atomic E-state index is 1.03. The smallest absolute Gasteiger partial charge is 0.0259 e. The van der Waals surface area contributed by atoms with Crippen molar-refractivity contribution in [1.82, 2.24) is 15.3 Å². The molecule has 0 aromatic heterocycles. The first-order valence-electron chi connectivity index (χ1n) is 9.19. The van der Waals surface area contributed by atoms with Crippen molar-refractivity contribution in [3.05, 3.63) is 71.8 Å². The Morgan fingerprint density at radius 1 is 0.708 bits per heavy atom. The Morgan fingerprint density at radius 2 is 1.29 bits per heavy atom. The van der Waals surface area contributed by atoms with Gasteiger partial charge < -0.3 is 4.90 Å². The van der Waals surface area contributed by atoms with E-state index < -0.39 is 0 Å². The highest BCUT2D eigenvalue weighted by Crippen LogP contribution is 2.06. The molecule has 0 saturated carbocycles. The largest absolute Gasteiger partial charge is 0.301 e. The van der Waals surface area contributed by atoms with Crippen LogP contribution < -0.4 is 5.43 Å². The monoisotopic (exact) mass is 323 g/mol. The normalized spacial score (nSPS) is 16.3. The van der Waals surface area contributed by atoms with Crippen LogP contribution in [0.3, 0.4) is 0 Å². The number of piperazine rings is 1. The summed E-state index contributed by atoms with van der Waals surface area (Å²) in [4.78, 5) is 2.60. The molecule has 0 radical (unpaired) electrons. The highest BCUT2D eigenvalue weighted by atomic mass is 15.5. The zero-order chi connectivity index (χ0) is 16.5. The van der Waals surface area contributed by atoms with Crippen molar-refractivity contribution < 1.29 is 0 Å². The van der Waals surface area contributed by atoms with Gasteiger partial charge in [0.15, 0.2) is 0 Å². The molecule has 0 atom stereocenters. The van der Waals surface area contributed by atoms with E-state index in [2.05, 4.69) is 76.0 Å². The summed E-state index contributed by atoms with van der Waals surface area (Å²) >= 11 is 0. The molecule has 24 heavy (non-hydrogen) atoms. The summed E-state index contributed by atoms with van der Waals surface area (Å²) in [6.45, 7) is 6.84. The second-order valence-electron chi connectivity index (χ2n) is 6.56. The summed E-state index contributed by atoms with van der Waals surface area (Å²) in [5.74, 6) is 0. The van der Waals surface area contributed by atoms with Crippen molar-refractivity contribution in [2.24, 2.45) is 0 Å². The van der Waals surface area contributed by atoms with Crippen LogP contribution >= 0.6 is 0 Å². The van der Waals surface area contributed by atoms with E-state index >= 15 is 0 Å². The molecule has 0 amide bonds. The Balaban J connectivity index is 1.27. The van der Waals surface area contributed by atoms with Crippen molar-refractivity contribution >= 4 is 0 Å². The van der Waals surface area contributed by atoms with Crippen LogP contribution in [0.15, 0.2) is 60.7 Å². The van der Waals surface area contributed by atoms with Crippen molar-refractivity contribution in [1.29, 1.82) is 0 Å². The van der Waals surface area contributed by atoms with Crippen molar-refractivity contribution in [2.75, 3.05) is 39.3 Å². The van der Waals surface area contributed by atoms with E-state index in [0.717, 1.165) is 26.1 Å². The van der Waals surface area contributed by atoms with Crippen LogP contribution in [-0.2, 0) is 12.8 Å². The number of hydrazine groups is 1. The Morgan fingerprint density at radius 3 is 1.92 bits per heavy atom. The highest BCUT2D eigenvalue weighted by molar-refractivity contribution is 5.15. The van der Waals surface area contributed by atoms with E-state index in [1.807, 2.05) is 0 Å². The molecule has 2 aromatic carbocycles. The maximum Gasteiger partial charge on any atom is 0.0259 e. The molecule has 0 aliphatic carbocycles. The fourth-order valence-electron chi connectivity index (χ4n) is 3.28. The Bertz CT molecular complexity index is 509. The molecule has 1 aliphatic heterocycles. The standard InChI is InChI=1S/C21H29N3/c1-3-8-20(9-4-1)12-7-15-23-16-18-24(19-17-23)22-14-13-21-10-5-2-6-11-21/h1-6,8-11,22H,7,12-19H2. The molecule has 3 nitrogen and oxygen atoms in total. The highest BCUT2D eigenvalue weighted by Gasteiger charge is 2.15. The maximum atomic E-state index is 3.58. The summed E-state index contributed by atoms with van der Waals surface area (Å²) in [5, 5.41) is 2.39. The van der Waals surface area contributed by atoms with Crippen LogP contribution in [0.2, 0.25) is 0 Å². The molecular formula is C21H29N3. The summed E-state index contributed by atoms with van der Waals surface area (Å²) in [6, 6.07) is 21.5. The molecule has 1 fully saturated rings. The van der Waals surface area contributed by atoms with Crippen LogP contribution in [0.25, 0.3) is 0 Å². The number of benzene rings is 2. The fraction of sp³-hybridized carbons (Fsp3) is 0.429. The number of aryl methyl sites for hydroxylation is 1. The van der Waals surface area contributed by atoms with E-state index in [1.54, 1.807) is 0 Å². The van der Waals surface area contributed by atoms with E-state index in [0.29, 0.717) is 0 Å². The van der Waals surface area contributed by atoms with E-state index in [9.17, 15) is 0 Å². The Kier molecular flexibility index (Phi) is 6.84. The second kappa shape index (κ2) is 9.58. The third kappa shape index (κ3) is 5.75. The zero-order valence-corrected chi connectivity index (χ0v) is 14.5. The molecule has 3 heteroatoms. The predicted octanol–water partition coefficient (Wildman–Crippen LogP) is 2.98. The van der Waals surface area contributed by atoms with Crippen LogP contribution in [-0.4, -0.2) is 49.2 Å². The lowest BCUT2D eigenvalue weighted by molar-refractivity contribution is 0.0897. The molecule has 0 bridgehead atoms. The van der Waals surface area contributed by atoms with E-state index in [1.165, 1.54) is 43.6 Å². The van der Waals surface area contributed by atoms with Gasteiger partial charge in [-0.2, -0.15) is 0 Å². The summed E-state index contributed by atoms with van der Waals surface area (Å²) < 4.78 is 0. The Labute approximate surface area is 146 Å². The average Bonchev–Trinajstić information content (AvgIpc) is 2.65. The first-order chi connectivity index (χ1) is 11.9. The molecule has 0 spiro atoms. The Hall–Kier alpha value is -1.68. The van der Waals surface area contributed by atoms with Crippen LogP contribution in [0, 0.1) is 0 Å². The summed E-state index contributed by atoms with van der Waals surface area (Å²) in [7, 11) is 0. The minimum Gasteiger partial charge on any atom is -0.301 e. The first kappa shape index (κ1) is 17.2. The molecule has 0 unspecified atom stereocenters. The van der Waals surface area contributed by atoms with Gasteiger partial charge in [0.05, 0.1) is 0 Å². The maximum absolute atomic E-state index is 3.58. The summed E-state index contributed by atoms with van der Waals surface area (Å²) in [5.41, 5.74) is 6.44. The number of nitrogens with one attached hydrogen (secondary N) is 1. The van der Waals surface area contributed by atoms with Crippen molar-refractivity contribution in [3.63, 3.8) is 0 Å². The number of hydrogen-bond donors (Lipinski definition) is 1. The predicted molar refractivity (Wildman–Crippen MR) is 101 cm³/mol. The second-order valence-corrected chi connectivity index (χ2v) is 6.56. The molecular weight excluding hydrogens is 294 g/mol. The van der Waals surface area contributed by atoms with E-state index in [4.69, 9.17) is 0 Å². The molecule has 2 aromatic rings. The molecule has 1 saturated heterocycles. The van der Waals surface area contributed by atoms with Gasteiger partial charge in [0.25, 0.3) is 0 Å². The fourth-order valence-corrected chi connectivity index (χ4v) is 3.28. The van der Waals surface area contributed by atoms with Gasteiger partial charge in [-0.1, -0.05) is 60.7 Å². The number of hydrogen-bond acceptors (Lipinski definition) is 3. The van der Waals surface area contributed by atoms with Crippen LogP contribution in [0.1, 0.15) is 17.5 Å². The molecule has 1 heterocycles. The quantitative estimate of drug-likeness (QED) is 0.806.